The van der Waals surface area contributed by atoms with E-state index in [9.17, 15) is 4.79 Å². The van der Waals surface area contributed by atoms with E-state index in [4.69, 9.17) is 11.6 Å². The van der Waals surface area contributed by atoms with Gasteiger partial charge >= 0.3 is 0 Å². The van der Waals surface area contributed by atoms with Gasteiger partial charge < -0.3 is 10.6 Å². The molecule has 3 atom stereocenters. The van der Waals surface area contributed by atoms with E-state index in [1.165, 1.54) is 12.6 Å². The lowest BCUT2D eigenvalue weighted by Gasteiger charge is -2.20. The lowest BCUT2D eigenvalue weighted by molar-refractivity contribution is 0.0927. The summed E-state index contributed by atoms with van der Waals surface area (Å²) >= 11 is 6.09. The van der Waals surface area contributed by atoms with E-state index < -0.39 is 0 Å². The zero-order valence-corrected chi connectivity index (χ0v) is 13.0. The Morgan fingerprint density at radius 1 is 1.45 bits per heavy atom. The van der Waals surface area contributed by atoms with Crippen molar-refractivity contribution >= 4 is 23.3 Å². The maximum atomic E-state index is 12.4. The van der Waals surface area contributed by atoms with Crippen LogP contribution in [0.15, 0.2) is 12.3 Å². The molecule has 0 saturated heterocycles. The smallest absolute Gasteiger partial charge is 0.253 e. The van der Waals surface area contributed by atoms with Gasteiger partial charge in [-0.2, -0.15) is 0 Å². The zero-order valence-electron chi connectivity index (χ0n) is 12.2. The van der Waals surface area contributed by atoms with Crippen molar-refractivity contribution in [3.05, 3.63) is 22.8 Å². The molecule has 1 aromatic rings. The quantitative estimate of drug-likeness (QED) is 0.896. The third kappa shape index (κ3) is 3.23. The highest BCUT2D eigenvalue weighted by Gasteiger charge is 2.31. The Balaban J connectivity index is 2.10. The number of pyridine rings is 1. The number of carbonyl (C=O) groups is 1. The Morgan fingerprint density at radius 2 is 2.20 bits per heavy atom. The molecule has 4 nitrogen and oxygen atoms in total. The van der Waals surface area contributed by atoms with Gasteiger partial charge in [-0.3, -0.25) is 4.79 Å². The van der Waals surface area contributed by atoms with Crippen LogP contribution < -0.4 is 10.6 Å². The summed E-state index contributed by atoms with van der Waals surface area (Å²) in [6, 6.07) is 1.95. The Labute approximate surface area is 125 Å². The van der Waals surface area contributed by atoms with Crippen molar-refractivity contribution in [1.82, 2.24) is 10.3 Å². The predicted molar refractivity (Wildman–Crippen MR) is 82.2 cm³/mol. The molecule has 0 radical (unpaired) electrons. The summed E-state index contributed by atoms with van der Waals surface area (Å²) in [5, 5.41) is 6.59. The fourth-order valence-electron chi connectivity index (χ4n) is 2.71. The van der Waals surface area contributed by atoms with Gasteiger partial charge in [-0.1, -0.05) is 25.4 Å². The Hall–Kier alpha value is -1.29. The highest BCUT2D eigenvalue weighted by atomic mass is 35.5. The van der Waals surface area contributed by atoms with Crippen LogP contribution in [-0.2, 0) is 0 Å². The van der Waals surface area contributed by atoms with Gasteiger partial charge in [-0.25, -0.2) is 4.98 Å². The van der Waals surface area contributed by atoms with Gasteiger partial charge in [0.05, 0.1) is 10.6 Å². The molecule has 110 valence electrons. The molecule has 0 bridgehead atoms. The number of aromatic nitrogens is 1. The van der Waals surface area contributed by atoms with Crippen LogP contribution in [0.2, 0.25) is 5.02 Å². The average Bonchev–Trinajstić information content (AvgIpc) is 2.73. The van der Waals surface area contributed by atoms with Gasteiger partial charge in [0.1, 0.15) is 5.82 Å². The minimum absolute atomic E-state index is 0.109. The number of amides is 1. The minimum atomic E-state index is -0.109. The maximum absolute atomic E-state index is 12.4. The van der Waals surface area contributed by atoms with E-state index in [0.29, 0.717) is 28.2 Å². The summed E-state index contributed by atoms with van der Waals surface area (Å²) in [4.78, 5) is 16.5. The van der Waals surface area contributed by atoms with Crippen LogP contribution in [0.3, 0.4) is 0 Å². The molecule has 5 heteroatoms. The van der Waals surface area contributed by atoms with E-state index in [0.717, 1.165) is 13.0 Å². The van der Waals surface area contributed by atoms with E-state index in [1.807, 2.05) is 6.92 Å². The zero-order chi connectivity index (χ0) is 14.7. The van der Waals surface area contributed by atoms with Gasteiger partial charge in [-0.05, 0) is 37.7 Å². The molecule has 1 saturated carbocycles. The van der Waals surface area contributed by atoms with Crippen LogP contribution in [-0.4, -0.2) is 23.5 Å². The maximum Gasteiger partial charge on any atom is 0.253 e. The molecule has 0 aliphatic heterocycles. The Bertz CT molecular complexity index is 492. The second kappa shape index (κ2) is 6.44. The molecule has 2 N–H and O–H groups in total. The molecule has 1 fully saturated rings. The first kappa shape index (κ1) is 15.1. The molecule has 0 aromatic carbocycles. The molecular formula is C15H22ClN3O. The molecule has 2 rings (SSSR count). The normalized spacial score (nSPS) is 25.5. The lowest BCUT2D eigenvalue weighted by atomic mass is 9.97. The van der Waals surface area contributed by atoms with Crippen molar-refractivity contribution in [2.75, 3.05) is 11.9 Å². The fraction of sp³-hybridized carbons (Fsp3) is 0.600. The monoisotopic (exact) mass is 295 g/mol. The number of carbonyl (C=O) groups excluding carboxylic acids is 1. The number of halogens is 1. The second-order valence-corrected chi connectivity index (χ2v) is 5.98. The summed E-state index contributed by atoms with van der Waals surface area (Å²) in [7, 11) is 0. The van der Waals surface area contributed by atoms with Crippen molar-refractivity contribution in [1.29, 1.82) is 0 Å². The van der Waals surface area contributed by atoms with Crippen molar-refractivity contribution < 1.29 is 4.79 Å². The van der Waals surface area contributed by atoms with Gasteiger partial charge in [0.2, 0.25) is 0 Å². The van der Waals surface area contributed by atoms with Gasteiger partial charge in [0.15, 0.2) is 0 Å². The Morgan fingerprint density at radius 3 is 2.80 bits per heavy atom. The summed E-state index contributed by atoms with van der Waals surface area (Å²) in [5.74, 6) is 1.73. The van der Waals surface area contributed by atoms with Crippen LogP contribution in [0, 0.1) is 11.8 Å². The van der Waals surface area contributed by atoms with E-state index in [2.05, 4.69) is 29.5 Å². The van der Waals surface area contributed by atoms with Crippen LogP contribution in [0.1, 0.15) is 44.0 Å². The number of rotatable bonds is 4. The standard InChI is InChI=1S/C15H22ClN3O/c1-4-17-14-7-11(12(16)8-18-14)15(20)19-13-6-5-9(2)10(13)3/h7-10,13H,4-6H2,1-3H3,(H,17,18)(H,19,20). The van der Waals surface area contributed by atoms with Crippen LogP contribution >= 0.6 is 11.6 Å². The highest BCUT2D eigenvalue weighted by molar-refractivity contribution is 6.33. The topological polar surface area (TPSA) is 54.0 Å². The van der Waals surface area contributed by atoms with E-state index in [-0.39, 0.29) is 11.9 Å². The van der Waals surface area contributed by atoms with Gasteiger partial charge in [0, 0.05) is 18.8 Å². The number of hydrogen-bond acceptors (Lipinski definition) is 3. The Kier molecular flexibility index (Phi) is 4.86. The number of hydrogen-bond donors (Lipinski definition) is 2. The molecule has 1 aromatic heterocycles. The third-order valence-electron chi connectivity index (χ3n) is 4.24. The summed E-state index contributed by atoms with van der Waals surface area (Å²) < 4.78 is 0. The summed E-state index contributed by atoms with van der Waals surface area (Å²) in [6.07, 6.45) is 3.73. The molecule has 1 aliphatic carbocycles. The largest absolute Gasteiger partial charge is 0.370 e. The van der Waals surface area contributed by atoms with Crippen LogP contribution in [0.4, 0.5) is 5.82 Å². The highest BCUT2D eigenvalue weighted by Crippen LogP contribution is 2.31. The molecule has 1 heterocycles. The van der Waals surface area contributed by atoms with Gasteiger partial charge in [0.25, 0.3) is 5.91 Å². The minimum Gasteiger partial charge on any atom is -0.370 e. The summed E-state index contributed by atoms with van der Waals surface area (Å²) in [6.45, 7) is 7.17. The van der Waals surface area contributed by atoms with Crippen molar-refractivity contribution in [2.45, 2.75) is 39.7 Å². The lowest BCUT2D eigenvalue weighted by Crippen LogP contribution is -2.37. The van der Waals surface area contributed by atoms with Gasteiger partial charge in [-0.15, -0.1) is 0 Å². The molecule has 0 spiro atoms. The molecule has 1 aliphatic rings. The average molecular weight is 296 g/mol. The number of nitrogens with one attached hydrogen (secondary N) is 2. The summed E-state index contributed by atoms with van der Waals surface area (Å²) in [5.41, 5.74) is 0.490. The van der Waals surface area contributed by atoms with Crippen molar-refractivity contribution in [2.24, 2.45) is 11.8 Å². The van der Waals surface area contributed by atoms with Crippen LogP contribution in [0.25, 0.3) is 0 Å². The SMILES string of the molecule is CCNc1cc(C(=O)NC2CCC(C)C2C)c(Cl)cn1. The molecule has 1 amide bonds. The molecule has 3 unspecified atom stereocenters. The first-order chi connectivity index (χ1) is 9.52. The molecular weight excluding hydrogens is 274 g/mol. The van der Waals surface area contributed by atoms with E-state index in [1.54, 1.807) is 6.07 Å². The van der Waals surface area contributed by atoms with Crippen molar-refractivity contribution in [3.8, 4) is 0 Å². The van der Waals surface area contributed by atoms with Crippen LogP contribution in [0.5, 0.6) is 0 Å². The van der Waals surface area contributed by atoms with Crippen molar-refractivity contribution in [3.63, 3.8) is 0 Å². The van der Waals surface area contributed by atoms with E-state index >= 15 is 0 Å². The predicted octanol–water partition coefficient (Wildman–Crippen LogP) is 3.33. The second-order valence-electron chi connectivity index (χ2n) is 5.57. The fourth-order valence-corrected chi connectivity index (χ4v) is 2.89. The first-order valence-electron chi connectivity index (χ1n) is 7.23. The number of anilines is 1. The first-order valence-corrected chi connectivity index (χ1v) is 7.61. The molecule has 20 heavy (non-hydrogen) atoms. The third-order valence-corrected chi connectivity index (χ3v) is 4.54. The number of nitrogens with zero attached hydrogens (tertiary/aromatic N) is 1.